The highest BCUT2D eigenvalue weighted by Crippen LogP contribution is 2.23. The summed E-state index contributed by atoms with van der Waals surface area (Å²) >= 11 is 0. The van der Waals surface area contributed by atoms with Crippen molar-refractivity contribution in [2.75, 3.05) is 7.11 Å². The molecule has 16 heavy (non-hydrogen) atoms. The van der Waals surface area contributed by atoms with Gasteiger partial charge in [-0.3, -0.25) is 4.40 Å². The molecule has 2 aromatic heterocycles. The third-order valence-electron chi connectivity index (χ3n) is 2.19. The van der Waals surface area contributed by atoms with E-state index in [1.54, 1.807) is 12.3 Å². The number of hydrogen-bond donors (Lipinski definition) is 2. The van der Waals surface area contributed by atoms with E-state index in [1.807, 2.05) is 0 Å². The number of carboxylic acids is 1. The van der Waals surface area contributed by atoms with Crippen LogP contribution >= 0.6 is 0 Å². The Morgan fingerprint density at radius 3 is 3.00 bits per heavy atom. The average molecular weight is 222 g/mol. The minimum Gasteiger partial charge on any atom is -0.506 e. The van der Waals surface area contributed by atoms with Crippen LogP contribution in [0.2, 0.25) is 0 Å². The van der Waals surface area contributed by atoms with Crippen LogP contribution in [0.3, 0.4) is 0 Å². The van der Waals surface area contributed by atoms with Crippen LogP contribution in [0.25, 0.3) is 5.52 Å². The van der Waals surface area contributed by atoms with E-state index in [0.717, 1.165) is 0 Å². The lowest BCUT2D eigenvalue weighted by atomic mass is 10.3. The molecule has 2 rings (SSSR count). The molecule has 84 valence electrons. The molecular formula is C10H10N2O4. The molecule has 6 heteroatoms. The van der Waals surface area contributed by atoms with Gasteiger partial charge >= 0.3 is 5.97 Å². The largest absolute Gasteiger partial charge is 0.506 e. The summed E-state index contributed by atoms with van der Waals surface area (Å²) < 4.78 is 6.41. The van der Waals surface area contributed by atoms with Gasteiger partial charge in [0.1, 0.15) is 23.7 Å². The van der Waals surface area contributed by atoms with Gasteiger partial charge in [-0.1, -0.05) is 0 Å². The number of hydrogen-bond acceptors (Lipinski definition) is 4. The van der Waals surface area contributed by atoms with Gasteiger partial charge in [0.2, 0.25) is 0 Å². The van der Waals surface area contributed by atoms with Crippen LogP contribution in [-0.2, 0) is 11.3 Å². The van der Waals surface area contributed by atoms with Gasteiger partial charge in [0.25, 0.3) is 0 Å². The lowest BCUT2D eigenvalue weighted by Gasteiger charge is -2.00. The zero-order chi connectivity index (χ0) is 11.7. The van der Waals surface area contributed by atoms with Crippen molar-refractivity contribution < 1.29 is 19.7 Å². The molecule has 0 fully saturated rings. The molecule has 0 aliphatic carbocycles. The molecule has 0 aliphatic rings. The Labute approximate surface area is 90.7 Å². The SMILES string of the molecule is COCc1nc(C(=O)O)c2c(O)cccn12. The molecular weight excluding hydrogens is 212 g/mol. The number of carbonyl (C=O) groups is 1. The molecule has 0 saturated heterocycles. The standard InChI is InChI=1S/C10H10N2O4/c1-16-5-7-11-8(10(14)15)9-6(13)3-2-4-12(7)9/h2-4,13H,5H2,1H3,(H,14,15). The van der Waals surface area contributed by atoms with Gasteiger partial charge in [-0.2, -0.15) is 0 Å². The fourth-order valence-corrected chi connectivity index (χ4v) is 1.56. The van der Waals surface area contributed by atoms with E-state index in [4.69, 9.17) is 9.84 Å². The smallest absolute Gasteiger partial charge is 0.356 e. The number of aromatic carboxylic acids is 1. The van der Waals surface area contributed by atoms with Crippen LogP contribution < -0.4 is 0 Å². The van der Waals surface area contributed by atoms with Gasteiger partial charge in [-0.15, -0.1) is 0 Å². The first-order chi connectivity index (χ1) is 7.65. The van der Waals surface area contributed by atoms with Crippen LogP contribution in [0.4, 0.5) is 0 Å². The molecule has 2 N–H and O–H groups in total. The van der Waals surface area contributed by atoms with E-state index < -0.39 is 5.97 Å². The number of ether oxygens (including phenoxy) is 1. The molecule has 2 aromatic rings. The van der Waals surface area contributed by atoms with E-state index in [2.05, 4.69) is 4.98 Å². The van der Waals surface area contributed by atoms with Crippen LogP contribution in [-0.4, -0.2) is 32.7 Å². The van der Waals surface area contributed by atoms with Crippen LogP contribution in [0, 0.1) is 0 Å². The second kappa shape index (κ2) is 3.82. The molecule has 0 unspecified atom stereocenters. The number of methoxy groups -OCH3 is 1. The number of nitrogens with zero attached hydrogens (tertiary/aromatic N) is 2. The molecule has 6 nitrogen and oxygen atoms in total. The summed E-state index contributed by atoms with van der Waals surface area (Å²) in [6.07, 6.45) is 1.63. The molecule has 0 aromatic carbocycles. The van der Waals surface area contributed by atoms with Crippen LogP contribution in [0.15, 0.2) is 18.3 Å². The Morgan fingerprint density at radius 1 is 1.62 bits per heavy atom. The number of aromatic hydroxyl groups is 1. The van der Waals surface area contributed by atoms with E-state index >= 15 is 0 Å². The first kappa shape index (κ1) is 10.4. The number of imidazole rings is 1. The Hall–Kier alpha value is -2.08. The predicted octanol–water partition coefficient (Wildman–Crippen LogP) is 0.884. The maximum Gasteiger partial charge on any atom is 0.356 e. The lowest BCUT2D eigenvalue weighted by molar-refractivity contribution is 0.0692. The monoisotopic (exact) mass is 222 g/mol. The number of rotatable bonds is 3. The third kappa shape index (κ3) is 1.49. The number of pyridine rings is 1. The Bertz CT molecular complexity index is 547. The normalized spacial score (nSPS) is 10.8. The quantitative estimate of drug-likeness (QED) is 0.805. The second-order valence-electron chi connectivity index (χ2n) is 3.23. The minimum atomic E-state index is -1.18. The molecule has 0 atom stereocenters. The molecule has 0 saturated carbocycles. The molecule has 0 spiro atoms. The topological polar surface area (TPSA) is 84.1 Å². The highest BCUT2D eigenvalue weighted by molar-refractivity contribution is 5.95. The summed E-state index contributed by atoms with van der Waals surface area (Å²) in [5, 5.41) is 18.6. The maximum absolute atomic E-state index is 11.0. The van der Waals surface area contributed by atoms with Crippen LogP contribution in [0.1, 0.15) is 16.3 Å². The van der Waals surface area contributed by atoms with Crippen molar-refractivity contribution in [3.05, 3.63) is 29.8 Å². The highest BCUT2D eigenvalue weighted by atomic mass is 16.5. The van der Waals surface area contributed by atoms with Crippen molar-refractivity contribution in [3.8, 4) is 5.75 Å². The van der Waals surface area contributed by atoms with Crippen molar-refractivity contribution in [1.82, 2.24) is 9.38 Å². The summed E-state index contributed by atoms with van der Waals surface area (Å²) in [6.45, 7) is 0.178. The molecule has 0 aliphatic heterocycles. The van der Waals surface area contributed by atoms with Crippen LogP contribution in [0.5, 0.6) is 5.75 Å². The summed E-state index contributed by atoms with van der Waals surface area (Å²) in [4.78, 5) is 14.9. The van der Waals surface area contributed by atoms with Crippen molar-refractivity contribution in [1.29, 1.82) is 0 Å². The van der Waals surface area contributed by atoms with Crippen molar-refractivity contribution in [2.45, 2.75) is 6.61 Å². The zero-order valence-electron chi connectivity index (χ0n) is 8.54. The minimum absolute atomic E-state index is 0.116. The summed E-state index contributed by atoms with van der Waals surface area (Å²) in [7, 11) is 1.49. The van der Waals surface area contributed by atoms with Crippen molar-refractivity contribution >= 4 is 11.5 Å². The summed E-state index contributed by atoms with van der Waals surface area (Å²) in [5.74, 6) is -0.859. The van der Waals surface area contributed by atoms with Gasteiger partial charge in [0, 0.05) is 13.3 Å². The van der Waals surface area contributed by atoms with E-state index in [9.17, 15) is 9.90 Å². The summed E-state index contributed by atoms with van der Waals surface area (Å²) in [5.41, 5.74) is 0.00667. The van der Waals surface area contributed by atoms with Crippen molar-refractivity contribution in [3.63, 3.8) is 0 Å². The number of fused-ring (bicyclic) bond motifs is 1. The van der Waals surface area contributed by atoms with Gasteiger partial charge in [0.05, 0.1) is 0 Å². The second-order valence-corrected chi connectivity index (χ2v) is 3.23. The first-order valence-electron chi connectivity index (χ1n) is 4.56. The van der Waals surface area contributed by atoms with Gasteiger partial charge in [-0.05, 0) is 12.1 Å². The zero-order valence-corrected chi connectivity index (χ0v) is 8.54. The Balaban J connectivity index is 2.76. The van der Waals surface area contributed by atoms with Gasteiger partial charge < -0.3 is 14.9 Å². The Morgan fingerprint density at radius 2 is 2.38 bits per heavy atom. The van der Waals surface area contributed by atoms with Gasteiger partial charge in [-0.25, -0.2) is 9.78 Å². The molecule has 0 radical (unpaired) electrons. The highest BCUT2D eigenvalue weighted by Gasteiger charge is 2.18. The third-order valence-corrected chi connectivity index (χ3v) is 2.19. The van der Waals surface area contributed by atoms with E-state index in [1.165, 1.54) is 17.6 Å². The summed E-state index contributed by atoms with van der Waals surface area (Å²) in [6, 6.07) is 3.02. The van der Waals surface area contributed by atoms with Crippen molar-refractivity contribution in [2.24, 2.45) is 0 Å². The number of carboxylic acid groups (broad SMARTS) is 1. The first-order valence-corrected chi connectivity index (χ1v) is 4.56. The van der Waals surface area contributed by atoms with E-state index in [-0.39, 0.29) is 23.6 Å². The molecule has 0 amide bonds. The average Bonchev–Trinajstić information content (AvgIpc) is 2.60. The number of aromatic nitrogens is 2. The van der Waals surface area contributed by atoms with E-state index in [0.29, 0.717) is 5.82 Å². The Kier molecular flexibility index (Phi) is 2.49. The maximum atomic E-state index is 11.0. The molecule has 2 heterocycles. The van der Waals surface area contributed by atoms with Gasteiger partial charge in [0.15, 0.2) is 5.69 Å². The lowest BCUT2D eigenvalue weighted by Crippen LogP contribution is -1.97. The fraction of sp³-hybridized carbons (Fsp3) is 0.200. The predicted molar refractivity (Wildman–Crippen MR) is 54.5 cm³/mol. The molecule has 0 bridgehead atoms. The fourth-order valence-electron chi connectivity index (χ4n) is 1.56.